The van der Waals surface area contributed by atoms with Crippen molar-refractivity contribution >= 4 is 7.82 Å². The van der Waals surface area contributed by atoms with Gasteiger partial charge in [-0.2, -0.15) is 0 Å². The lowest BCUT2D eigenvalue weighted by Gasteiger charge is -2.37. The van der Waals surface area contributed by atoms with Crippen LogP contribution in [0.15, 0.2) is 41.7 Å². The SMILES string of the molecule is C=C(C)[C@@H]1CCC(C)=C(OP(=O)(OCC)OCC)[C@H]1c1cc(CCCOCOC)ccc1OCOC. The van der Waals surface area contributed by atoms with Gasteiger partial charge in [0.25, 0.3) is 0 Å². The van der Waals surface area contributed by atoms with Crippen molar-refractivity contribution in [3.8, 4) is 5.75 Å². The molecule has 0 spiro atoms. The molecule has 1 aliphatic rings. The van der Waals surface area contributed by atoms with Crippen LogP contribution in [-0.4, -0.2) is 47.6 Å². The van der Waals surface area contributed by atoms with Crippen molar-refractivity contribution in [2.75, 3.05) is 47.6 Å². The highest BCUT2D eigenvalue weighted by Crippen LogP contribution is 2.57. The molecule has 36 heavy (non-hydrogen) atoms. The van der Waals surface area contributed by atoms with E-state index in [-0.39, 0.29) is 38.6 Å². The van der Waals surface area contributed by atoms with Crippen LogP contribution in [-0.2, 0) is 38.8 Å². The molecule has 0 heterocycles. The topological polar surface area (TPSA) is 81.7 Å². The second kappa shape index (κ2) is 15.6. The van der Waals surface area contributed by atoms with Crippen molar-refractivity contribution in [3.63, 3.8) is 0 Å². The third-order valence-electron chi connectivity index (χ3n) is 6.05. The first-order chi connectivity index (χ1) is 17.3. The molecule has 2 rings (SSSR count). The lowest BCUT2D eigenvalue weighted by Crippen LogP contribution is -2.24. The smallest absolute Gasteiger partial charge is 0.467 e. The second-order valence-electron chi connectivity index (χ2n) is 8.83. The van der Waals surface area contributed by atoms with Crippen LogP contribution in [0.4, 0.5) is 0 Å². The number of aryl methyl sites for hydroxylation is 1. The molecule has 0 aliphatic heterocycles. The molecule has 1 aromatic carbocycles. The quantitative estimate of drug-likeness (QED) is 0.0953. The minimum atomic E-state index is -3.80. The molecule has 204 valence electrons. The minimum Gasteiger partial charge on any atom is -0.467 e. The minimum absolute atomic E-state index is 0.0607. The molecule has 0 unspecified atom stereocenters. The van der Waals surface area contributed by atoms with Gasteiger partial charge < -0.3 is 23.5 Å². The summed E-state index contributed by atoms with van der Waals surface area (Å²) in [5.41, 5.74) is 4.10. The highest BCUT2D eigenvalue weighted by Gasteiger charge is 2.40. The summed E-state index contributed by atoms with van der Waals surface area (Å²) >= 11 is 0. The van der Waals surface area contributed by atoms with Crippen molar-refractivity contribution in [1.82, 2.24) is 0 Å². The van der Waals surface area contributed by atoms with Crippen molar-refractivity contribution in [1.29, 1.82) is 0 Å². The summed E-state index contributed by atoms with van der Waals surface area (Å²) in [4.78, 5) is 0. The van der Waals surface area contributed by atoms with Crippen LogP contribution in [0.25, 0.3) is 0 Å². The van der Waals surface area contributed by atoms with Crippen LogP contribution in [0.3, 0.4) is 0 Å². The van der Waals surface area contributed by atoms with E-state index in [2.05, 4.69) is 12.6 Å². The Labute approximate surface area is 216 Å². The summed E-state index contributed by atoms with van der Waals surface area (Å²) in [5, 5.41) is 0. The van der Waals surface area contributed by atoms with Gasteiger partial charge in [0.2, 0.25) is 0 Å². The first-order valence-corrected chi connectivity index (χ1v) is 14.0. The van der Waals surface area contributed by atoms with Crippen molar-refractivity contribution in [2.24, 2.45) is 5.92 Å². The number of allylic oxidation sites excluding steroid dienone is 3. The summed E-state index contributed by atoms with van der Waals surface area (Å²) in [6.07, 6.45) is 3.36. The van der Waals surface area contributed by atoms with Crippen LogP contribution < -0.4 is 4.74 Å². The zero-order chi connectivity index (χ0) is 26.6. The van der Waals surface area contributed by atoms with Gasteiger partial charge in [-0.1, -0.05) is 24.3 Å². The van der Waals surface area contributed by atoms with Gasteiger partial charge in [0.1, 0.15) is 18.3 Å². The molecule has 0 N–H and O–H groups in total. The van der Waals surface area contributed by atoms with E-state index in [9.17, 15) is 4.57 Å². The molecule has 2 atom stereocenters. The van der Waals surface area contributed by atoms with E-state index in [0.717, 1.165) is 48.0 Å². The average molecular weight is 527 g/mol. The van der Waals surface area contributed by atoms with Crippen LogP contribution in [0.2, 0.25) is 0 Å². The molecule has 8 nitrogen and oxygen atoms in total. The predicted molar refractivity (Wildman–Crippen MR) is 140 cm³/mol. The Kier molecular flexibility index (Phi) is 13.2. The fraction of sp³-hybridized carbons (Fsp3) is 0.630. The van der Waals surface area contributed by atoms with Crippen molar-refractivity contribution < 1.29 is 37.1 Å². The van der Waals surface area contributed by atoms with Crippen molar-refractivity contribution in [2.45, 2.75) is 59.3 Å². The lowest BCUT2D eigenvalue weighted by atomic mass is 9.72. The van der Waals surface area contributed by atoms with Crippen LogP contribution >= 0.6 is 7.82 Å². The molecule has 0 fully saturated rings. The third kappa shape index (κ3) is 8.72. The van der Waals surface area contributed by atoms with Gasteiger partial charge in [0.15, 0.2) is 6.79 Å². The predicted octanol–water partition coefficient (Wildman–Crippen LogP) is 6.76. The van der Waals surface area contributed by atoms with Gasteiger partial charge in [-0.15, -0.1) is 0 Å². The van der Waals surface area contributed by atoms with E-state index in [1.54, 1.807) is 28.1 Å². The van der Waals surface area contributed by atoms with Crippen LogP contribution in [0.5, 0.6) is 5.75 Å². The summed E-state index contributed by atoms with van der Waals surface area (Å²) in [6, 6.07) is 6.14. The number of rotatable bonds is 17. The molecule has 0 saturated carbocycles. The van der Waals surface area contributed by atoms with Gasteiger partial charge in [-0.25, -0.2) is 4.57 Å². The van der Waals surface area contributed by atoms with Gasteiger partial charge in [0.05, 0.1) is 19.1 Å². The fourth-order valence-electron chi connectivity index (χ4n) is 4.43. The lowest BCUT2D eigenvalue weighted by molar-refractivity contribution is -0.0310. The molecular weight excluding hydrogens is 483 g/mol. The fourth-order valence-corrected chi connectivity index (χ4v) is 5.75. The number of hydrogen-bond acceptors (Lipinski definition) is 8. The van der Waals surface area contributed by atoms with E-state index < -0.39 is 7.82 Å². The summed E-state index contributed by atoms with van der Waals surface area (Å²) in [6.45, 7) is 13.2. The van der Waals surface area contributed by atoms with Gasteiger partial charge in [-0.3, -0.25) is 9.05 Å². The number of methoxy groups -OCH3 is 2. The Hall–Kier alpha value is -1.67. The van der Waals surface area contributed by atoms with Gasteiger partial charge in [0, 0.05) is 26.4 Å². The number of benzene rings is 1. The Bertz CT molecular complexity index is 903. The second-order valence-corrected chi connectivity index (χ2v) is 10.4. The van der Waals surface area contributed by atoms with E-state index in [4.69, 9.17) is 32.5 Å². The van der Waals surface area contributed by atoms with Gasteiger partial charge >= 0.3 is 7.82 Å². The summed E-state index contributed by atoms with van der Waals surface area (Å²) in [5.74, 6) is 1.08. The molecule has 0 bridgehead atoms. The molecule has 1 aromatic rings. The van der Waals surface area contributed by atoms with Gasteiger partial charge in [-0.05, 0) is 76.5 Å². The van der Waals surface area contributed by atoms with Crippen LogP contribution in [0.1, 0.15) is 64.0 Å². The zero-order valence-electron chi connectivity index (χ0n) is 22.7. The molecular formula is C27H43O8P. The average Bonchev–Trinajstić information content (AvgIpc) is 2.84. The van der Waals surface area contributed by atoms with Crippen LogP contribution in [0, 0.1) is 5.92 Å². The zero-order valence-corrected chi connectivity index (χ0v) is 23.6. The number of phosphoric acid groups is 1. The maximum atomic E-state index is 13.4. The van der Waals surface area contributed by atoms with Crippen molar-refractivity contribution in [3.05, 3.63) is 52.8 Å². The molecule has 1 aliphatic carbocycles. The number of ether oxygens (including phenoxy) is 4. The molecule has 0 amide bonds. The Balaban J connectivity index is 2.53. The van der Waals surface area contributed by atoms with E-state index in [1.807, 2.05) is 26.0 Å². The molecule has 0 saturated heterocycles. The number of hydrogen-bond donors (Lipinski definition) is 0. The monoisotopic (exact) mass is 526 g/mol. The van der Waals surface area contributed by atoms with E-state index in [1.165, 1.54) is 0 Å². The Morgan fingerprint density at radius 2 is 1.81 bits per heavy atom. The first-order valence-electron chi connectivity index (χ1n) is 12.5. The maximum Gasteiger partial charge on any atom is 0.529 e. The molecule has 0 radical (unpaired) electrons. The Morgan fingerprint density at radius 3 is 2.42 bits per heavy atom. The Morgan fingerprint density at radius 1 is 1.11 bits per heavy atom. The highest BCUT2D eigenvalue weighted by atomic mass is 31.2. The number of phosphoric ester groups is 1. The summed E-state index contributed by atoms with van der Waals surface area (Å²) in [7, 11) is -0.601. The molecule has 9 heteroatoms. The summed E-state index contributed by atoms with van der Waals surface area (Å²) < 4.78 is 52.2. The maximum absolute atomic E-state index is 13.4. The van der Waals surface area contributed by atoms with E-state index >= 15 is 0 Å². The standard InChI is InChI=1S/C27H43O8P/c1-8-33-36(28,34-9-2)35-27-21(5)12-14-23(20(3)4)26(27)24-17-22(11-10-16-31-18-29-6)13-15-25(24)32-19-30-7/h13,15,17,23,26H,3,8-12,14,16,18-19H2,1-2,4-7H3/t23-,26+/m0/s1. The first kappa shape index (κ1) is 30.6. The normalized spacial score (nSPS) is 18.4. The third-order valence-corrected chi connectivity index (χ3v) is 7.62. The highest BCUT2D eigenvalue weighted by molar-refractivity contribution is 7.48. The van der Waals surface area contributed by atoms with E-state index in [0.29, 0.717) is 18.1 Å². The largest absolute Gasteiger partial charge is 0.529 e. The molecule has 0 aromatic heterocycles.